The van der Waals surface area contributed by atoms with Crippen molar-refractivity contribution in [3.8, 4) is 11.1 Å². The summed E-state index contributed by atoms with van der Waals surface area (Å²) >= 11 is 3.17. The molecule has 5 nitrogen and oxygen atoms in total. The second-order valence-electron chi connectivity index (χ2n) is 7.06. The van der Waals surface area contributed by atoms with Gasteiger partial charge in [-0.25, -0.2) is 9.97 Å². The number of nitrogens with zero attached hydrogens (tertiary/aromatic N) is 2. The minimum atomic E-state index is -0.601. The van der Waals surface area contributed by atoms with Gasteiger partial charge in [-0.05, 0) is 26.3 Å². The summed E-state index contributed by atoms with van der Waals surface area (Å²) in [4.78, 5) is 21.9. The molecular formula is C20H23N3O2S2. The van der Waals surface area contributed by atoms with Crippen LogP contribution in [-0.4, -0.2) is 38.9 Å². The van der Waals surface area contributed by atoms with E-state index in [1.54, 1.807) is 43.3 Å². The first-order chi connectivity index (χ1) is 12.9. The molecule has 0 bridgehead atoms. The van der Waals surface area contributed by atoms with E-state index in [-0.39, 0.29) is 12.5 Å². The molecule has 0 aliphatic heterocycles. The summed E-state index contributed by atoms with van der Waals surface area (Å²) in [5.74, 6) is 0.541. The number of thiophene rings is 1. The first kappa shape index (κ1) is 19.8. The van der Waals surface area contributed by atoms with E-state index in [1.165, 1.54) is 5.56 Å². The maximum absolute atomic E-state index is 12.1. The molecule has 0 radical (unpaired) electrons. The summed E-state index contributed by atoms with van der Waals surface area (Å²) in [6.07, 6.45) is 1.94. The maximum atomic E-state index is 12.1. The Morgan fingerprint density at radius 1 is 1.26 bits per heavy atom. The fraction of sp³-hybridized carbons (Fsp3) is 0.350. The van der Waals surface area contributed by atoms with Crippen LogP contribution in [0.3, 0.4) is 0 Å². The van der Waals surface area contributed by atoms with Gasteiger partial charge in [0.1, 0.15) is 16.2 Å². The maximum Gasteiger partial charge on any atom is 0.221 e. The van der Waals surface area contributed by atoms with Gasteiger partial charge in [0.2, 0.25) is 5.91 Å². The highest BCUT2D eigenvalue weighted by Crippen LogP contribution is 2.38. The van der Waals surface area contributed by atoms with Gasteiger partial charge in [-0.1, -0.05) is 29.8 Å². The van der Waals surface area contributed by atoms with Gasteiger partial charge in [0.25, 0.3) is 0 Å². The molecule has 2 N–H and O–H groups in total. The number of aliphatic hydroxyl groups excluding tert-OH is 1. The SMILES string of the molecule is Cc1ccc(-c2csc3ncnc(SCCC(=O)NC(C)(C)CO)c23)cc1. The van der Waals surface area contributed by atoms with Gasteiger partial charge in [-0.15, -0.1) is 23.1 Å². The van der Waals surface area contributed by atoms with Crippen molar-refractivity contribution in [1.82, 2.24) is 15.3 Å². The molecule has 3 aromatic rings. The second-order valence-corrected chi connectivity index (χ2v) is 9.00. The third-order valence-electron chi connectivity index (χ3n) is 4.14. The lowest BCUT2D eigenvalue weighted by Gasteiger charge is -2.23. The van der Waals surface area contributed by atoms with E-state index < -0.39 is 5.54 Å². The van der Waals surface area contributed by atoms with E-state index in [4.69, 9.17) is 0 Å². The molecule has 0 spiro atoms. The van der Waals surface area contributed by atoms with Crippen molar-refractivity contribution in [2.45, 2.75) is 37.8 Å². The number of hydrogen-bond donors (Lipinski definition) is 2. The molecular weight excluding hydrogens is 378 g/mol. The van der Waals surface area contributed by atoms with E-state index in [0.717, 1.165) is 26.4 Å². The van der Waals surface area contributed by atoms with Gasteiger partial charge in [-0.3, -0.25) is 4.79 Å². The molecule has 0 atom stereocenters. The lowest BCUT2D eigenvalue weighted by Crippen LogP contribution is -2.46. The minimum Gasteiger partial charge on any atom is -0.394 e. The number of benzene rings is 1. The number of hydrogen-bond acceptors (Lipinski definition) is 6. The normalized spacial score (nSPS) is 11.7. The van der Waals surface area contributed by atoms with Crippen molar-refractivity contribution >= 4 is 39.2 Å². The van der Waals surface area contributed by atoms with Crippen molar-refractivity contribution in [2.24, 2.45) is 0 Å². The number of carbonyl (C=O) groups is 1. The van der Waals surface area contributed by atoms with Crippen LogP contribution in [-0.2, 0) is 4.79 Å². The number of carbonyl (C=O) groups excluding carboxylic acids is 1. The van der Waals surface area contributed by atoms with Crippen molar-refractivity contribution in [3.63, 3.8) is 0 Å². The van der Waals surface area contributed by atoms with E-state index in [9.17, 15) is 9.90 Å². The van der Waals surface area contributed by atoms with Crippen LogP contribution >= 0.6 is 23.1 Å². The average Bonchev–Trinajstić information content (AvgIpc) is 3.07. The Kier molecular flexibility index (Phi) is 6.14. The Hall–Kier alpha value is -1.96. The predicted octanol–water partition coefficient (Wildman–Crippen LogP) is 4.04. The first-order valence-corrected chi connectivity index (χ1v) is 10.6. The van der Waals surface area contributed by atoms with Crippen LogP contribution in [0.5, 0.6) is 0 Å². The molecule has 1 amide bonds. The summed E-state index contributed by atoms with van der Waals surface area (Å²) in [6, 6.07) is 8.43. The number of aromatic nitrogens is 2. The van der Waals surface area contributed by atoms with Gasteiger partial charge in [-0.2, -0.15) is 0 Å². The van der Waals surface area contributed by atoms with E-state index in [0.29, 0.717) is 12.2 Å². The third-order valence-corrected chi connectivity index (χ3v) is 6.02. The Labute approximate surface area is 167 Å². The van der Waals surface area contributed by atoms with E-state index in [2.05, 4.69) is 51.9 Å². The number of nitrogens with one attached hydrogen (secondary N) is 1. The van der Waals surface area contributed by atoms with Crippen LogP contribution in [0.15, 0.2) is 41.0 Å². The highest BCUT2D eigenvalue weighted by Gasteiger charge is 2.19. The number of fused-ring (bicyclic) bond motifs is 1. The second kappa shape index (κ2) is 8.37. The zero-order valence-electron chi connectivity index (χ0n) is 15.7. The van der Waals surface area contributed by atoms with Gasteiger partial charge < -0.3 is 10.4 Å². The molecule has 0 saturated carbocycles. The molecule has 7 heteroatoms. The van der Waals surface area contributed by atoms with Crippen LogP contribution in [0.2, 0.25) is 0 Å². The molecule has 3 rings (SSSR count). The van der Waals surface area contributed by atoms with Crippen molar-refractivity contribution in [2.75, 3.05) is 12.4 Å². The van der Waals surface area contributed by atoms with Gasteiger partial charge in [0.15, 0.2) is 0 Å². The Morgan fingerprint density at radius 2 is 2.00 bits per heavy atom. The molecule has 0 aliphatic rings. The number of rotatable bonds is 7. The number of amides is 1. The smallest absolute Gasteiger partial charge is 0.221 e. The Morgan fingerprint density at radius 3 is 2.70 bits per heavy atom. The fourth-order valence-corrected chi connectivity index (χ4v) is 4.56. The summed E-state index contributed by atoms with van der Waals surface area (Å²) in [6.45, 7) is 5.58. The quantitative estimate of drug-likeness (QED) is 0.462. The minimum absolute atomic E-state index is 0.0732. The van der Waals surface area contributed by atoms with Gasteiger partial charge >= 0.3 is 0 Å². The van der Waals surface area contributed by atoms with Crippen LogP contribution in [0.25, 0.3) is 21.3 Å². The van der Waals surface area contributed by atoms with Crippen LogP contribution in [0, 0.1) is 6.92 Å². The Balaban J connectivity index is 1.76. The number of aryl methyl sites for hydroxylation is 1. The molecule has 0 unspecified atom stereocenters. The molecule has 27 heavy (non-hydrogen) atoms. The van der Waals surface area contributed by atoms with E-state index >= 15 is 0 Å². The topological polar surface area (TPSA) is 75.1 Å². The lowest BCUT2D eigenvalue weighted by atomic mass is 10.1. The number of aliphatic hydroxyl groups is 1. The monoisotopic (exact) mass is 401 g/mol. The molecule has 2 heterocycles. The van der Waals surface area contributed by atoms with Gasteiger partial charge in [0.05, 0.1) is 17.5 Å². The highest BCUT2D eigenvalue weighted by atomic mass is 32.2. The highest BCUT2D eigenvalue weighted by molar-refractivity contribution is 7.99. The van der Waals surface area contributed by atoms with Crippen LogP contribution in [0.1, 0.15) is 25.8 Å². The fourth-order valence-electron chi connectivity index (χ4n) is 2.62. The predicted molar refractivity (Wildman–Crippen MR) is 112 cm³/mol. The molecule has 142 valence electrons. The van der Waals surface area contributed by atoms with E-state index in [1.807, 2.05) is 0 Å². The zero-order valence-corrected chi connectivity index (χ0v) is 17.3. The zero-order chi connectivity index (χ0) is 19.4. The molecule has 2 aromatic heterocycles. The summed E-state index contributed by atoms with van der Waals surface area (Å²) < 4.78 is 0. The van der Waals surface area contributed by atoms with Crippen LogP contribution in [0.4, 0.5) is 0 Å². The summed E-state index contributed by atoms with van der Waals surface area (Å²) in [5, 5.41) is 16.2. The molecule has 0 fully saturated rings. The van der Waals surface area contributed by atoms with Crippen molar-refractivity contribution in [3.05, 3.63) is 41.5 Å². The third kappa shape index (κ3) is 4.86. The summed E-state index contributed by atoms with van der Waals surface area (Å²) in [7, 11) is 0. The molecule has 0 aliphatic carbocycles. The first-order valence-electron chi connectivity index (χ1n) is 8.73. The lowest BCUT2D eigenvalue weighted by molar-refractivity contribution is -0.122. The Bertz CT molecular complexity index is 936. The average molecular weight is 402 g/mol. The largest absolute Gasteiger partial charge is 0.394 e. The molecule has 1 aromatic carbocycles. The van der Waals surface area contributed by atoms with Crippen molar-refractivity contribution in [1.29, 1.82) is 0 Å². The van der Waals surface area contributed by atoms with Gasteiger partial charge in [0, 0.05) is 23.1 Å². The van der Waals surface area contributed by atoms with Crippen molar-refractivity contribution < 1.29 is 9.90 Å². The number of thioether (sulfide) groups is 1. The standard InChI is InChI=1S/C20H23N3O2S2/c1-13-4-6-14(7-5-13)15-10-27-19-17(15)18(21-12-22-19)26-9-8-16(25)23-20(2,3)11-24/h4-7,10,12,24H,8-9,11H2,1-3H3,(H,23,25). The summed E-state index contributed by atoms with van der Waals surface area (Å²) in [5.41, 5.74) is 2.89. The van der Waals surface area contributed by atoms with Crippen LogP contribution < -0.4 is 5.32 Å². The molecule has 0 saturated heterocycles.